The minimum Gasteiger partial charge on any atom is -0.497 e. The normalized spacial score (nSPS) is 11.2. The van der Waals surface area contributed by atoms with E-state index in [0.717, 1.165) is 23.9 Å². The standard InChI is InChI=1S/C22H22F3N5O3S/c1-3-30-18(12-26-20(32)14-7-9-17(33-2)10-8-14)28-29-21(30)34-13-19(31)27-16-6-4-5-15(11-16)22(23,24)25/h4-11H,3,12-13H2,1-2H3,(H,26,32)(H,27,31). The second-order valence-electron chi connectivity index (χ2n) is 6.97. The van der Waals surface area contributed by atoms with Gasteiger partial charge in [-0.25, -0.2) is 0 Å². The number of carbonyl (C=O) groups excluding carboxylic acids is 2. The Morgan fingerprint density at radius 3 is 2.50 bits per heavy atom. The van der Waals surface area contributed by atoms with Gasteiger partial charge in [-0.3, -0.25) is 9.59 Å². The summed E-state index contributed by atoms with van der Waals surface area (Å²) >= 11 is 1.09. The third kappa shape index (κ3) is 6.50. The predicted octanol–water partition coefficient (Wildman–Crippen LogP) is 3.99. The molecule has 0 spiro atoms. The van der Waals surface area contributed by atoms with Crippen LogP contribution in [0.15, 0.2) is 53.7 Å². The van der Waals surface area contributed by atoms with Crippen molar-refractivity contribution in [1.82, 2.24) is 20.1 Å². The van der Waals surface area contributed by atoms with Crippen LogP contribution in [0.25, 0.3) is 0 Å². The summed E-state index contributed by atoms with van der Waals surface area (Å²) in [7, 11) is 1.54. The lowest BCUT2D eigenvalue weighted by molar-refractivity contribution is -0.137. The molecule has 1 aromatic heterocycles. The molecular weight excluding hydrogens is 471 g/mol. The molecule has 0 bridgehead atoms. The van der Waals surface area contributed by atoms with Crippen LogP contribution in [0, 0.1) is 0 Å². The van der Waals surface area contributed by atoms with Crippen molar-refractivity contribution in [3.8, 4) is 5.75 Å². The summed E-state index contributed by atoms with van der Waals surface area (Å²) in [5, 5.41) is 13.8. The van der Waals surface area contributed by atoms with E-state index in [-0.39, 0.29) is 23.9 Å². The van der Waals surface area contributed by atoms with Gasteiger partial charge in [0.05, 0.1) is 25.0 Å². The zero-order valence-corrected chi connectivity index (χ0v) is 19.2. The van der Waals surface area contributed by atoms with Gasteiger partial charge in [0.25, 0.3) is 5.91 Å². The summed E-state index contributed by atoms with van der Waals surface area (Å²) in [5.74, 6) is 0.297. The first kappa shape index (κ1) is 25.1. The number of nitrogens with one attached hydrogen (secondary N) is 2. The molecule has 0 aliphatic rings. The lowest BCUT2D eigenvalue weighted by Gasteiger charge is -2.10. The van der Waals surface area contributed by atoms with E-state index in [1.54, 1.807) is 28.8 Å². The van der Waals surface area contributed by atoms with Gasteiger partial charge in [-0.15, -0.1) is 10.2 Å². The molecule has 0 aliphatic carbocycles. The van der Waals surface area contributed by atoms with E-state index < -0.39 is 17.6 Å². The zero-order chi connectivity index (χ0) is 24.7. The maximum Gasteiger partial charge on any atom is 0.416 e. The third-order valence-corrected chi connectivity index (χ3v) is 5.64. The Hall–Kier alpha value is -3.54. The van der Waals surface area contributed by atoms with Gasteiger partial charge in [0.1, 0.15) is 5.75 Å². The van der Waals surface area contributed by atoms with E-state index in [9.17, 15) is 22.8 Å². The molecule has 180 valence electrons. The van der Waals surface area contributed by atoms with Crippen molar-refractivity contribution in [3.05, 3.63) is 65.5 Å². The van der Waals surface area contributed by atoms with E-state index in [1.807, 2.05) is 6.92 Å². The van der Waals surface area contributed by atoms with Crippen LogP contribution in [-0.4, -0.2) is 39.4 Å². The smallest absolute Gasteiger partial charge is 0.416 e. The molecule has 3 aromatic rings. The Labute approximate surface area is 197 Å². The maximum absolute atomic E-state index is 12.8. The van der Waals surface area contributed by atoms with Gasteiger partial charge in [0.15, 0.2) is 11.0 Å². The number of anilines is 1. The molecule has 2 N–H and O–H groups in total. The van der Waals surface area contributed by atoms with Crippen molar-refractivity contribution in [2.45, 2.75) is 31.3 Å². The Bertz CT molecular complexity index is 1150. The van der Waals surface area contributed by atoms with Gasteiger partial charge < -0.3 is 19.9 Å². The number of ether oxygens (including phenoxy) is 1. The van der Waals surface area contributed by atoms with E-state index in [1.165, 1.54) is 19.2 Å². The van der Waals surface area contributed by atoms with Crippen molar-refractivity contribution >= 4 is 29.3 Å². The van der Waals surface area contributed by atoms with Crippen LogP contribution in [-0.2, 0) is 24.1 Å². The van der Waals surface area contributed by atoms with Crippen LogP contribution in [0.1, 0.15) is 28.7 Å². The predicted molar refractivity (Wildman–Crippen MR) is 121 cm³/mol. The highest BCUT2D eigenvalue weighted by molar-refractivity contribution is 7.99. The fraction of sp³-hybridized carbons (Fsp3) is 0.273. The van der Waals surface area contributed by atoms with Gasteiger partial charge in [0.2, 0.25) is 5.91 Å². The average molecular weight is 494 g/mol. The van der Waals surface area contributed by atoms with Gasteiger partial charge in [-0.1, -0.05) is 17.8 Å². The van der Waals surface area contributed by atoms with Crippen LogP contribution >= 0.6 is 11.8 Å². The Balaban J connectivity index is 1.56. The first-order valence-corrected chi connectivity index (χ1v) is 11.1. The number of halogens is 3. The summed E-state index contributed by atoms with van der Waals surface area (Å²) in [6, 6.07) is 11.1. The summed E-state index contributed by atoms with van der Waals surface area (Å²) in [6.45, 7) is 2.49. The molecule has 3 rings (SSSR count). The van der Waals surface area contributed by atoms with Gasteiger partial charge in [-0.05, 0) is 49.4 Å². The van der Waals surface area contributed by atoms with E-state index in [4.69, 9.17) is 4.74 Å². The molecule has 0 atom stereocenters. The number of thioether (sulfide) groups is 1. The SMILES string of the molecule is CCn1c(CNC(=O)c2ccc(OC)cc2)nnc1SCC(=O)Nc1cccc(C(F)(F)F)c1. The summed E-state index contributed by atoms with van der Waals surface area (Å²) in [6.07, 6.45) is -4.49. The van der Waals surface area contributed by atoms with E-state index >= 15 is 0 Å². The topological polar surface area (TPSA) is 98.1 Å². The van der Waals surface area contributed by atoms with Gasteiger partial charge >= 0.3 is 6.18 Å². The van der Waals surface area contributed by atoms with Crippen LogP contribution in [0.4, 0.5) is 18.9 Å². The number of rotatable bonds is 9. The molecule has 0 saturated carbocycles. The number of carbonyl (C=O) groups is 2. The van der Waals surface area contributed by atoms with Crippen LogP contribution in [0.2, 0.25) is 0 Å². The quantitative estimate of drug-likeness (QED) is 0.438. The second kappa shape index (κ2) is 11.1. The maximum atomic E-state index is 12.8. The summed E-state index contributed by atoms with van der Waals surface area (Å²) in [4.78, 5) is 24.6. The zero-order valence-electron chi connectivity index (χ0n) is 18.3. The highest BCUT2D eigenvalue weighted by Gasteiger charge is 2.30. The van der Waals surface area contributed by atoms with Crippen molar-refractivity contribution < 1.29 is 27.5 Å². The average Bonchev–Trinajstić information content (AvgIpc) is 3.22. The molecule has 34 heavy (non-hydrogen) atoms. The lowest BCUT2D eigenvalue weighted by atomic mass is 10.2. The molecule has 2 aromatic carbocycles. The number of methoxy groups -OCH3 is 1. The largest absolute Gasteiger partial charge is 0.497 e. The molecule has 1 heterocycles. The lowest BCUT2D eigenvalue weighted by Crippen LogP contribution is -2.24. The van der Waals surface area contributed by atoms with Crippen LogP contribution < -0.4 is 15.4 Å². The van der Waals surface area contributed by atoms with Crippen LogP contribution in [0.5, 0.6) is 5.75 Å². The highest BCUT2D eigenvalue weighted by Crippen LogP contribution is 2.30. The fourth-order valence-corrected chi connectivity index (χ4v) is 3.80. The number of hydrogen-bond donors (Lipinski definition) is 2. The van der Waals surface area contributed by atoms with Crippen molar-refractivity contribution in [2.24, 2.45) is 0 Å². The van der Waals surface area contributed by atoms with Crippen molar-refractivity contribution in [2.75, 3.05) is 18.2 Å². The molecule has 0 saturated heterocycles. The van der Waals surface area contributed by atoms with E-state index in [0.29, 0.717) is 28.8 Å². The Kier molecular flexibility index (Phi) is 8.16. The number of benzene rings is 2. The van der Waals surface area contributed by atoms with Gasteiger partial charge in [-0.2, -0.15) is 13.2 Å². The molecule has 2 amide bonds. The number of nitrogens with zero attached hydrogens (tertiary/aromatic N) is 3. The van der Waals surface area contributed by atoms with Crippen molar-refractivity contribution in [1.29, 1.82) is 0 Å². The molecule has 0 fully saturated rings. The monoisotopic (exact) mass is 493 g/mol. The molecular formula is C22H22F3N5O3S. The van der Waals surface area contributed by atoms with Gasteiger partial charge in [0, 0.05) is 17.8 Å². The minimum atomic E-state index is -4.49. The Morgan fingerprint density at radius 1 is 1.12 bits per heavy atom. The molecule has 0 aliphatic heterocycles. The number of amides is 2. The molecule has 0 radical (unpaired) electrons. The number of aromatic nitrogens is 3. The molecule has 0 unspecified atom stereocenters. The highest BCUT2D eigenvalue weighted by atomic mass is 32.2. The second-order valence-corrected chi connectivity index (χ2v) is 7.91. The van der Waals surface area contributed by atoms with Crippen LogP contribution in [0.3, 0.4) is 0 Å². The number of hydrogen-bond acceptors (Lipinski definition) is 6. The van der Waals surface area contributed by atoms with E-state index in [2.05, 4.69) is 20.8 Å². The fourth-order valence-electron chi connectivity index (χ4n) is 2.98. The molecule has 8 nitrogen and oxygen atoms in total. The summed E-state index contributed by atoms with van der Waals surface area (Å²) < 4.78 is 45.3. The number of alkyl halides is 3. The summed E-state index contributed by atoms with van der Waals surface area (Å²) in [5.41, 5.74) is -0.325. The minimum absolute atomic E-state index is 0.0549. The first-order chi connectivity index (χ1) is 16.2. The third-order valence-electron chi connectivity index (χ3n) is 4.67. The van der Waals surface area contributed by atoms with Crippen molar-refractivity contribution in [3.63, 3.8) is 0 Å². The first-order valence-electron chi connectivity index (χ1n) is 10.2. The molecule has 12 heteroatoms. The Morgan fingerprint density at radius 2 is 1.85 bits per heavy atom.